The third-order valence-corrected chi connectivity index (χ3v) is 1.78. The first-order valence-corrected chi connectivity index (χ1v) is 3.88. The van der Waals surface area contributed by atoms with Crippen molar-refractivity contribution in [3.63, 3.8) is 0 Å². The van der Waals surface area contributed by atoms with Crippen molar-refractivity contribution in [2.75, 3.05) is 46.4 Å². The van der Waals surface area contributed by atoms with E-state index in [9.17, 15) is 0 Å². The summed E-state index contributed by atoms with van der Waals surface area (Å²) < 4.78 is 5.22. The zero-order valence-corrected chi connectivity index (χ0v) is 6.60. The Morgan fingerprint density at radius 2 is 2.20 bits per heavy atom. The molecule has 1 fully saturated rings. The molecule has 0 spiro atoms. The van der Waals surface area contributed by atoms with Crippen molar-refractivity contribution >= 4 is 0 Å². The second-order valence-corrected chi connectivity index (χ2v) is 2.56. The summed E-state index contributed by atoms with van der Waals surface area (Å²) in [6.07, 6.45) is 0. The summed E-state index contributed by atoms with van der Waals surface area (Å²) in [4.78, 5) is 2.42. The number of hydrogen-bond donors (Lipinski definition) is 1. The molecule has 1 aliphatic heterocycles. The van der Waals surface area contributed by atoms with Gasteiger partial charge in [0.1, 0.15) is 0 Å². The number of likely N-dealkylation sites (N-methyl/N-ethyl adjacent to an activating group) is 1. The van der Waals surface area contributed by atoms with Crippen LogP contribution in [0.4, 0.5) is 0 Å². The molecule has 0 aromatic rings. The molecule has 3 nitrogen and oxygen atoms in total. The quantitative estimate of drug-likeness (QED) is 0.596. The van der Waals surface area contributed by atoms with Crippen LogP contribution in [0.15, 0.2) is 0 Å². The molecule has 1 aliphatic rings. The summed E-state index contributed by atoms with van der Waals surface area (Å²) in [5.41, 5.74) is 0. The van der Waals surface area contributed by atoms with Crippen molar-refractivity contribution < 1.29 is 6.16 Å². The Kier molecular flexibility index (Phi) is 3.72. The summed E-state index contributed by atoms with van der Waals surface area (Å²) in [6.45, 7) is 6.25. The first kappa shape index (κ1) is 7.98. The van der Waals surface area contributed by atoms with E-state index in [0.717, 1.165) is 39.4 Å². The molecule has 62 valence electrons. The molecule has 0 aromatic carbocycles. The molecule has 3 heteroatoms. The van der Waals surface area contributed by atoms with Gasteiger partial charge in [0.15, 0.2) is 0 Å². The zero-order valence-electron chi connectivity index (χ0n) is 6.60. The fourth-order valence-corrected chi connectivity index (χ4v) is 1.09. The van der Waals surface area contributed by atoms with Gasteiger partial charge in [-0.05, 0) is 7.05 Å². The molecule has 0 aromatic heterocycles. The summed E-state index contributed by atoms with van der Waals surface area (Å²) in [7, 11) is 1.99. The minimum atomic E-state index is 0. The Hall–Kier alpha value is -0.120. The molecule has 0 saturated carbocycles. The molecule has 0 amide bonds. The van der Waals surface area contributed by atoms with Gasteiger partial charge in [0.2, 0.25) is 0 Å². The maximum Gasteiger partial charge on any atom is 0.0594 e. The Balaban J connectivity index is 0.000001000. The van der Waals surface area contributed by atoms with Crippen LogP contribution in [0, 0.1) is 0 Å². The average Bonchev–Trinajstić information content (AvgIpc) is 2.03. The number of ether oxygens (including phenoxy) is 1. The highest BCUT2D eigenvalue weighted by atomic mass is 16.5. The van der Waals surface area contributed by atoms with Gasteiger partial charge in [0.05, 0.1) is 13.2 Å². The fraction of sp³-hybridized carbons (Fsp3) is 1.00. The summed E-state index contributed by atoms with van der Waals surface area (Å²) in [5.74, 6) is 0. The lowest BCUT2D eigenvalue weighted by Gasteiger charge is -2.26. The van der Waals surface area contributed by atoms with Gasteiger partial charge in [-0.25, -0.2) is 0 Å². The Bertz CT molecular complexity index is 86.5. The van der Waals surface area contributed by atoms with Gasteiger partial charge in [0.25, 0.3) is 0 Å². The summed E-state index contributed by atoms with van der Waals surface area (Å²) in [6, 6.07) is 0. The molecule has 1 rings (SSSR count). The van der Waals surface area contributed by atoms with Crippen LogP contribution in [0.2, 0.25) is 0 Å². The normalized spacial score (nSPS) is 21.3. The van der Waals surface area contributed by atoms with E-state index in [1.165, 1.54) is 0 Å². The van der Waals surface area contributed by atoms with E-state index in [1.54, 1.807) is 0 Å². The molecule has 1 saturated heterocycles. The molecule has 0 radical (unpaired) electrons. The Labute approximate surface area is 63.8 Å². The molecule has 0 bridgehead atoms. The molecule has 0 unspecified atom stereocenters. The third kappa shape index (κ3) is 2.64. The van der Waals surface area contributed by atoms with E-state index in [0.29, 0.717) is 0 Å². The van der Waals surface area contributed by atoms with Gasteiger partial charge >= 0.3 is 0 Å². The van der Waals surface area contributed by atoms with Crippen molar-refractivity contribution in [2.45, 2.75) is 0 Å². The Morgan fingerprint density at radius 3 is 2.80 bits per heavy atom. The first-order valence-electron chi connectivity index (χ1n) is 3.88. The molecule has 0 aliphatic carbocycles. The number of hydrogen-bond acceptors (Lipinski definition) is 3. The highest BCUT2D eigenvalue weighted by molar-refractivity contribution is 4.61. The van der Waals surface area contributed by atoms with Gasteiger partial charge in [-0.3, -0.25) is 4.90 Å². The first-order chi connectivity index (χ1) is 4.93. The van der Waals surface area contributed by atoms with Crippen molar-refractivity contribution in [3.8, 4) is 0 Å². The van der Waals surface area contributed by atoms with E-state index >= 15 is 0 Å². The topological polar surface area (TPSA) is 24.5 Å². The van der Waals surface area contributed by atoms with Crippen LogP contribution in [-0.2, 0) is 4.74 Å². The van der Waals surface area contributed by atoms with Gasteiger partial charge in [-0.1, -0.05) is 0 Å². The van der Waals surface area contributed by atoms with Gasteiger partial charge in [0, 0.05) is 27.6 Å². The zero-order chi connectivity index (χ0) is 7.23. The van der Waals surface area contributed by atoms with Crippen LogP contribution in [0.25, 0.3) is 0 Å². The van der Waals surface area contributed by atoms with E-state index in [2.05, 4.69) is 10.2 Å². The molecule has 10 heavy (non-hydrogen) atoms. The molecule has 0 atom stereocenters. The minimum absolute atomic E-state index is 0. The van der Waals surface area contributed by atoms with Crippen LogP contribution < -0.4 is 5.32 Å². The maximum absolute atomic E-state index is 5.22. The molecule has 1 N–H and O–H groups in total. The van der Waals surface area contributed by atoms with E-state index in [1.807, 2.05) is 7.05 Å². The van der Waals surface area contributed by atoms with Gasteiger partial charge in [-0.15, -0.1) is 0 Å². The minimum Gasteiger partial charge on any atom is -0.379 e. The summed E-state index contributed by atoms with van der Waals surface area (Å²) >= 11 is 0. The summed E-state index contributed by atoms with van der Waals surface area (Å²) in [5, 5.41) is 3.13. The lowest BCUT2D eigenvalue weighted by Crippen LogP contribution is -2.39. The van der Waals surface area contributed by atoms with Crippen LogP contribution in [0.3, 0.4) is 0 Å². The number of morpholine rings is 1. The van der Waals surface area contributed by atoms with Crippen LogP contribution in [0.1, 0.15) is 1.43 Å². The number of nitrogens with zero attached hydrogens (tertiary/aromatic N) is 1. The number of nitrogens with one attached hydrogen (secondary N) is 1. The molecular formula is C7H18N2O. The van der Waals surface area contributed by atoms with Crippen LogP contribution >= 0.6 is 0 Å². The molecular weight excluding hydrogens is 128 g/mol. The molecule has 1 heterocycles. The van der Waals surface area contributed by atoms with E-state index < -0.39 is 0 Å². The van der Waals surface area contributed by atoms with Crippen molar-refractivity contribution in [3.05, 3.63) is 0 Å². The SMILES string of the molecule is CNCCN1CCOCC1.[HH]. The predicted octanol–water partition coefficient (Wildman–Crippen LogP) is -0.216. The lowest BCUT2D eigenvalue weighted by atomic mass is 10.4. The second-order valence-electron chi connectivity index (χ2n) is 2.56. The average molecular weight is 146 g/mol. The van der Waals surface area contributed by atoms with Crippen molar-refractivity contribution in [2.24, 2.45) is 0 Å². The third-order valence-electron chi connectivity index (χ3n) is 1.78. The fourth-order valence-electron chi connectivity index (χ4n) is 1.09. The highest BCUT2D eigenvalue weighted by Crippen LogP contribution is 1.94. The van der Waals surface area contributed by atoms with Gasteiger partial charge < -0.3 is 10.1 Å². The van der Waals surface area contributed by atoms with Crippen LogP contribution in [-0.4, -0.2) is 51.3 Å². The predicted molar refractivity (Wildman–Crippen MR) is 43.3 cm³/mol. The smallest absolute Gasteiger partial charge is 0.0594 e. The number of rotatable bonds is 3. The Morgan fingerprint density at radius 1 is 1.50 bits per heavy atom. The largest absolute Gasteiger partial charge is 0.379 e. The van der Waals surface area contributed by atoms with Crippen molar-refractivity contribution in [1.29, 1.82) is 0 Å². The van der Waals surface area contributed by atoms with E-state index in [-0.39, 0.29) is 1.43 Å². The van der Waals surface area contributed by atoms with Gasteiger partial charge in [-0.2, -0.15) is 0 Å². The second kappa shape index (κ2) is 4.66. The monoisotopic (exact) mass is 146 g/mol. The van der Waals surface area contributed by atoms with E-state index in [4.69, 9.17) is 4.74 Å². The van der Waals surface area contributed by atoms with Crippen molar-refractivity contribution in [1.82, 2.24) is 10.2 Å². The lowest BCUT2D eigenvalue weighted by molar-refractivity contribution is 0.0386. The highest BCUT2D eigenvalue weighted by Gasteiger charge is 2.07. The maximum atomic E-state index is 5.22. The standard InChI is InChI=1S/C7H16N2O.H2/c1-8-2-3-9-4-6-10-7-5-9;/h8H,2-7H2,1H3;1H. The van der Waals surface area contributed by atoms with Crippen LogP contribution in [0.5, 0.6) is 0 Å².